The zero-order valence-corrected chi connectivity index (χ0v) is 18.6. The number of likely N-dealkylation sites (tertiary alicyclic amines) is 1. The largest absolute Gasteiger partial charge is 0.363 e. The van der Waals surface area contributed by atoms with Crippen LogP contribution in [0.25, 0.3) is 4.85 Å². The average Bonchev–Trinajstić information content (AvgIpc) is 3.22. The van der Waals surface area contributed by atoms with Gasteiger partial charge in [0.25, 0.3) is 0 Å². The lowest BCUT2D eigenvalue weighted by Gasteiger charge is -2.30. The molecule has 2 heterocycles. The van der Waals surface area contributed by atoms with Crippen molar-refractivity contribution in [2.24, 2.45) is 4.99 Å². The molecule has 1 amide bonds. The number of anilines is 1. The van der Waals surface area contributed by atoms with Gasteiger partial charge in [-0.05, 0) is 57.5 Å². The zero-order chi connectivity index (χ0) is 22.2. The zero-order valence-electron chi connectivity index (χ0n) is 18.6. The lowest BCUT2D eigenvalue weighted by atomic mass is 10.1. The van der Waals surface area contributed by atoms with Crippen molar-refractivity contribution in [2.75, 3.05) is 37.6 Å². The number of nitrogens with zero attached hydrogens (tertiary/aromatic N) is 6. The van der Waals surface area contributed by atoms with Crippen LogP contribution in [-0.2, 0) is 11.3 Å². The number of carbonyl (C=O) groups is 1. The molecule has 2 aliphatic heterocycles. The van der Waals surface area contributed by atoms with Crippen molar-refractivity contribution < 1.29 is 4.79 Å². The van der Waals surface area contributed by atoms with E-state index in [1.165, 1.54) is 24.8 Å². The number of piperidine rings is 1. The molecule has 1 aromatic rings. The molecule has 31 heavy (non-hydrogen) atoms. The van der Waals surface area contributed by atoms with Gasteiger partial charge in [-0.15, -0.1) is 0 Å². The van der Waals surface area contributed by atoms with E-state index in [2.05, 4.69) is 26.9 Å². The number of amides is 1. The Morgan fingerprint density at radius 3 is 2.74 bits per heavy atom. The Balaban J connectivity index is 1.66. The number of amidine groups is 1. The maximum Gasteiger partial charge on any atom is 0.363 e. The Morgan fingerprint density at radius 1 is 1.29 bits per heavy atom. The first-order valence-corrected chi connectivity index (χ1v) is 11.2. The summed E-state index contributed by atoms with van der Waals surface area (Å²) < 4.78 is 0. The first-order chi connectivity index (χ1) is 15.0. The number of benzene rings is 1. The van der Waals surface area contributed by atoms with Gasteiger partial charge in [-0.2, -0.15) is 5.26 Å². The van der Waals surface area contributed by atoms with Crippen LogP contribution in [0.1, 0.15) is 45.1 Å². The van der Waals surface area contributed by atoms with E-state index in [-0.39, 0.29) is 11.9 Å². The minimum absolute atomic E-state index is 0.0413. The molecule has 1 aromatic carbocycles. The Bertz CT molecular complexity index is 861. The minimum atomic E-state index is -0.884. The number of hydrogen-bond acceptors (Lipinski definition) is 5. The summed E-state index contributed by atoms with van der Waals surface area (Å²) in [5, 5.41) is 9.18. The minimum Gasteiger partial charge on any atom is -0.350 e. The highest BCUT2D eigenvalue weighted by Gasteiger charge is 2.30. The van der Waals surface area contributed by atoms with Gasteiger partial charge in [0.2, 0.25) is 5.91 Å². The van der Waals surface area contributed by atoms with Crippen LogP contribution >= 0.6 is 0 Å². The lowest BCUT2D eigenvalue weighted by molar-refractivity contribution is -0.119. The van der Waals surface area contributed by atoms with E-state index >= 15 is 0 Å². The molecule has 164 valence electrons. The fourth-order valence-electron chi connectivity index (χ4n) is 4.39. The van der Waals surface area contributed by atoms with Crippen LogP contribution in [-0.4, -0.2) is 66.4 Å². The molecule has 0 aliphatic carbocycles. The van der Waals surface area contributed by atoms with Crippen molar-refractivity contribution in [3.8, 4) is 6.07 Å². The predicted octanol–water partition coefficient (Wildman–Crippen LogP) is 3.33. The summed E-state index contributed by atoms with van der Waals surface area (Å²) in [4.78, 5) is 27.1. The number of hydrogen-bond donors (Lipinski definition) is 0. The van der Waals surface area contributed by atoms with Crippen molar-refractivity contribution in [1.82, 2.24) is 9.80 Å². The van der Waals surface area contributed by atoms with Crippen LogP contribution in [0.15, 0.2) is 29.3 Å². The van der Waals surface area contributed by atoms with Gasteiger partial charge in [-0.1, -0.05) is 18.6 Å². The quantitative estimate of drug-likeness (QED) is 0.605. The van der Waals surface area contributed by atoms with Gasteiger partial charge < -0.3 is 9.80 Å². The van der Waals surface area contributed by atoms with Gasteiger partial charge in [-0.3, -0.25) is 19.5 Å². The first kappa shape index (κ1) is 22.8. The number of carbonyl (C=O) groups excluding carboxylic acids is 1. The van der Waals surface area contributed by atoms with Crippen LogP contribution in [0.4, 0.5) is 5.69 Å². The average molecular weight is 421 g/mol. The molecule has 7 nitrogen and oxygen atoms in total. The van der Waals surface area contributed by atoms with E-state index in [9.17, 15) is 10.1 Å². The fraction of sp³-hybridized carbons (Fsp3) is 0.583. The van der Waals surface area contributed by atoms with Gasteiger partial charge in [0.1, 0.15) is 0 Å². The van der Waals surface area contributed by atoms with E-state index < -0.39 is 6.04 Å². The van der Waals surface area contributed by atoms with Crippen molar-refractivity contribution >= 4 is 17.4 Å². The maximum absolute atomic E-state index is 13.2. The summed E-state index contributed by atoms with van der Waals surface area (Å²) in [6.07, 6.45) is 4.17. The number of aliphatic imine (C=N–C) groups is 1. The molecule has 7 heteroatoms. The second kappa shape index (κ2) is 10.9. The molecule has 1 unspecified atom stereocenters. The summed E-state index contributed by atoms with van der Waals surface area (Å²) >= 11 is 0. The summed E-state index contributed by atoms with van der Waals surface area (Å²) in [5.74, 6) is 0.553. The first-order valence-electron chi connectivity index (χ1n) is 11.2. The smallest absolute Gasteiger partial charge is 0.350 e. The molecule has 0 N–H and O–H groups in total. The highest BCUT2D eigenvalue weighted by molar-refractivity contribution is 5.95. The molecule has 1 atom stereocenters. The summed E-state index contributed by atoms with van der Waals surface area (Å²) in [6, 6.07) is 9.47. The number of nitriles is 1. The topological polar surface area (TPSA) is 67.3 Å². The van der Waals surface area contributed by atoms with E-state index in [1.54, 1.807) is 0 Å². The van der Waals surface area contributed by atoms with Crippen LogP contribution in [0.5, 0.6) is 0 Å². The predicted molar refractivity (Wildman–Crippen MR) is 123 cm³/mol. The second-order valence-electron chi connectivity index (χ2n) is 8.50. The lowest BCUT2D eigenvalue weighted by Crippen LogP contribution is -2.41. The summed E-state index contributed by atoms with van der Waals surface area (Å²) in [6.45, 7) is 16.2. The molecule has 0 radical (unpaired) electrons. The molecule has 1 fully saturated rings. The molecule has 3 rings (SSSR count). The molecule has 0 saturated carbocycles. The highest BCUT2D eigenvalue weighted by Crippen LogP contribution is 2.22. The van der Waals surface area contributed by atoms with E-state index in [4.69, 9.17) is 6.57 Å². The van der Waals surface area contributed by atoms with Crippen LogP contribution in [0.2, 0.25) is 0 Å². The molecule has 0 spiro atoms. The molecular formula is C24H32N6O. The van der Waals surface area contributed by atoms with Crippen molar-refractivity contribution in [3.05, 3.63) is 41.2 Å². The summed E-state index contributed by atoms with van der Waals surface area (Å²) in [5.41, 5.74) is 2.17. The Hall–Kier alpha value is -2.90. The van der Waals surface area contributed by atoms with Crippen LogP contribution in [0, 0.1) is 17.9 Å². The Morgan fingerprint density at radius 2 is 2.06 bits per heavy atom. The third kappa shape index (κ3) is 5.83. The molecular weight excluding hydrogens is 388 g/mol. The van der Waals surface area contributed by atoms with Crippen LogP contribution < -0.4 is 4.90 Å². The standard InChI is InChI=1S/C24H32N6O/c1-19(2)30(21-9-7-8-20(16-21)18-28-12-5-4-6-13-28)23(31)10-14-29-15-11-27-24(29)22(17-25)26-3/h7-9,16,19,22H,4-6,10-15,18H2,1-2H3. The Kier molecular flexibility index (Phi) is 8.03. The van der Waals surface area contributed by atoms with Crippen molar-refractivity contribution in [1.29, 1.82) is 5.26 Å². The fourth-order valence-corrected chi connectivity index (χ4v) is 4.39. The highest BCUT2D eigenvalue weighted by atomic mass is 16.2. The summed E-state index contributed by atoms with van der Waals surface area (Å²) in [7, 11) is 0. The van der Waals surface area contributed by atoms with Gasteiger partial charge in [0.15, 0.2) is 11.9 Å². The maximum atomic E-state index is 13.2. The van der Waals surface area contributed by atoms with Crippen molar-refractivity contribution in [2.45, 2.75) is 58.2 Å². The van der Waals surface area contributed by atoms with Gasteiger partial charge in [0.05, 0.1) is 6.54 Å². The SMILES string of the molecule is [C-]#[N+]C(C#N)C1=NCCN1CCC(=O)N(c1cccc(CN2CCCCC2)c1)C(C)C. The molecule has 2 aliphatic rings. The van der Waals surface area contributed by atoms with E-state index in [1.807, 2.05) is 41.8 Å². The van der Waals surface area contributed by atoms with Crippen molar-refractivity contribution in [3.63, 3.8) is 0 Å². The van der Waals surface area contributed by atoms with E-state index in [0.717, 1.165) is 25.3 Å². The molecule has 0 bridgehead atoms. The second-order valence-corrected chi connectivity index (χ2v) is 8.50. The van der Waals surface area contributed by atoms with Gasteiger partial charge in [0, 0.05) is 37.8 Å². The number of rotatable bonds is 8. The molecule has 0 aromatic heterocycles. The molecule has 1 saturated heterocycles. The third-order valence-electron chi connectivity index (χ3n) is 5.89. The normalized spacial score (nSPS) is 17.7. The van der Waals surface area contributed by atoms with Crippen LogP contribution in [0.3, 0.4) is 0 Å². The third-order valence-corrected chi connectivity index (χ3v) is 5.89. The van der Waals surface area contributed by atoms with Gasteiger partial charge in [-0.25, -0.2) is 6.57 Å². The van der Waals surface area contributed by atoms with E-state index in [0.29, 0.717) is 31.9 Å². The van der Waals surface area contributed by atoms with Gasteiger partial charge >= 0.3 is 6.04 Å². The Labute approximate surface area is 185 Å². The monoisotopic (exact) mass is 420 g/mol.